The SMILES string of the molecule is Cc1ccc(CNC(=O)[C@@H](C)OC(=O)c2c3c(nc4ccccc24)CCC3)cc1. The molecule has 0 bridgehead atoms. The van der Waals surface area contributed by atoms with Crippen molar-refractivity contribution in [2.45, 2.75) is 45.8 Å². The van der Waals surface area contributed by atoms with Gasteiger partial charge >= 0.3 is 5.97 Å². The Hall–Kier alpha value is -3.21. The topological polar surface area (TPSA) is 68.3 Å². The van der Waals surface area contributed by atoms with E-state index < -0.39 is 12.1 Å². The average Bonchev–Trinajstić information content (AvgIpc) is 3.19. The van der Waals surface area contributed by atoms with E-state index in [1.54, 1.807) is 6.92 Å². The Morgan fingerprint density at radius 1 is 1.10 bits per heavy atom. The molecule has 0 radical (unpaired) electrons. The second-order valence-corrected chi connectivity index (χ2v) is 7.53. The van der Waals surface area contributed by atoms with Crippen LogP contribution in [0.25, 0.3) is 10.9 Å². The maximum Gasteiger partial charge on any atom is 0.339 e. The van der Waals surface area contributed by atoms with Crippen molar-refractivity contribution in [3.63, 3.8) is 0 Å². The molecule has 3 aromatic rings. The lowest BCUT2D eigenvalue weighted by atomic mass is 10.0. The van der Waals surface area contributed by atoms with Gasteiger partial charge in [-0.25, -0.2) is 4.79 Å². The van der Waals surface area contributed by atoms with Crippen molar-refractivity contribution in [2.24, 2.45) is 0 Å². The summed E-state index contributed by atoms with van der Waals surface area (Å²) in [7, 11) is 0. The molecular weight excluding hydrogens is 364 g/mol. The molecule has 29 heavy (non-hydrogen) atoms. The van der Waals surface area contributed by atoms with Crippen molar-refractivity contribution in [2.75, 3.05) is 0 Å². The van der Waals surface area contributed by atoms with Gasteiger partial charge in [0.1, 0.15) is 0 Å². The van der Waals surface area contributed by atoms with Crippen molar-refractivity contribution in [3.05, 3.63) is 76.5 Å². The zero-order chi connectivity index (χ0) is 20.4. The Bertz CT molecular complexity index is 1070. The first-order valence-electron chi connectivity index (χ1n) is 9.97. The van der Waals surface area contributed by atoms with Gasteiger partial charge in [-0.1, -0.05) is 48.0 Å². The second-order valence-electron chi connectivity index (χ2n) is 7.53. The van der Waals surface area contributed by atoms with Gasteiger partial charge in [-0.3, -0.25) is 9.78 Å². The number of hydrogen-bond donors (Lipinski definition) is 1. The van der Waals surface area contributed by atoms with Crippen LogP contribution in [0.1, 0.15) is 46.1 Å². The Kier molecular flexibility index (Phi) is 5.30. The van der Waals surface area contributed by atoms with Gasteiger partial charge in [0, 0.05) is 17.6 Å². The number of para-hydroxylation sites is 1. The number of hydrogen-bond acceptors (Lipinski definition) is 4. The monoisotopic (exact) mass is 388 g/mol. The summed E-state index contributed by atoms with van der Waals surface area (Å²) in [6, 6.07) is 15.5. The van der Waals surface area contributed by atoms with E-state index in [0.717, 1.165) is 47.0 Å². The van der Waals surface area contributed by atoms with Gasteiger partial charge in [0.15, 0.2) is 6.10 Å². The minimum Gasteiger partial charge on any atom is -0.449 e. The lowest BCUT2D eigenvalue weighted by Crippen LogP contribution is -2.35. The number of carbonyl (C=O) groups excluding carboxylic acids is 2. The minimum atomic E-state index is -0.878. The third-order valence-electron chi connectivity index (χ3n) is 5.36. The Morgan fingerprint density at radius 2 is 1.86 bits per heavy atom. The normalized spacial score (nSPS) is 13.7. The third-order valence-corrected chi connectivity index (χ3v) is 5.36. The van der Waals surface area contributed by atoms with Crippen LogP contribution in [0.5, 0.6) is 0 Å². The molecule has 1 atom stereocenters. The van der Waals surface area contributed by atoms with Gasteiger partial charge in [0.05, 0.1) is 11.1 Å². The molecule has 1 amide bonds. The molecule has 0 aliphatic heterocycles. The van der Waals surface area contributed by atoms with Gasteiger partial charge < -0.3 is 10.1 Å². The number of rotatable bonds is 5. The molecule has 5 heteroatoms. The number of fused-ring (bicyclic) bond motifs is 2. The second kappa shape index (κ2) is 8.03. The van der Waals surface area contributed by atoms with Crippen molar-refractivity contribution in [1.29, 1.82) is 0 Å². The number of esters is 1. The molecule has 1 aliphatic rings. The van der Waals surface area contributed by atoms with Gasteiger partial charge in [0.2, 0.25) is 0 Å². The van der Waals surface area contributed by atoms with Crippen LogP contribution in [0.15, 0.2) is 48.5 Å². The smallest absolute Gasteiger partial charge is 0.339 e. The number of aromatic nitrogens is 1. The molecule has 0 saturated carbocycles. The van der Waals surface area contributed by atoms with Crippen molar-refractivity contribution in [1.82, 2.24) is 10.3 Å². The molecule has 1 heterocycles. The van der Waals surface area contributed by atoms with Crippen LogP contribution in [0.3, 0.4) is 0 Å². The highest BCUT2D eigenvalue weighted by Gasteiger charge is 2.27. The average molecular weight is 388 g/mol. The third kappa shape index (κ3) is 3.99. The molecule has 1 aliphatic carbocycles. The highest BCUT2D eigenvalue weighted by molar-refractivity contribution is 6.05. The van der Waals surface area contributed by atoms with E-state index in [-0.39, 0.29) is 5.91 Å². The van der Waals surface area contributed by atoms with Crippen molar-refractivity contribution in [3.8, 4) is 0 Å². The van der Waals surface area contributed by atoms with Gasteiger partial charge in [-0.2, -0.15) is 0 Å². The Morgan fingerprint density at radius 3 is 2.66 bits per heavy atom. The molecule has 4 rings (SSSR count). The van der Waals surface area contributed by atoms with Gasteiger partial charge in [-0.15, -0.1) is 0 Å². The summed E-state index contributed by atoms with van der Waals surface area (Å²) in [5.74, 6) is -0.770. The van der Waals surface area contributed by atoms with Gasteiger partial charge in [-0.05, 0) is 50.3 Å². The molecule has 0 spiro atoms. The largest absolute Gasteiger partial charge is 0.449 e. The summed E-state index contributed by atoms with van der Waals surface area (Å²) >= 11 is 0. The van der Waals surface area contributed by atoms with Crippen LogP contribution in [0, 0.1) is 6.92 Å². The molecule has 148 valence electrons. The van der Waals surface area contributed by atoms with Crippen LogP contribution >= 0.6 is 0 Å². The zero-order valence-electron chi connectivity index (χ0n) is 16.7. The number of carbonyl (C=O) groups is 2. The summed E-state index contributed by atoms with van der Waals surface area (Å²) in [6.45, 7) is 4.02. The summed E-state index contributed by atoms with van der Waals surface area (Å²) in [4.78, 5) is 30.2. The van der Waals surface area contributed by atoms with Crippen LogP contribution in [0.4, 0.5) is 0 Å². The summed E-state index contributed by atoms with van der Waals surface area (Å²) in [5.41, 5.74) is 5.44. The number of aryl methyl sites for hydroxylation is 2. The number of ether oxygens (including phenoxy) is 1. The highest BCUT2D eigenvalue weighted by Crippen LogP contribution is 2.30. The minimum absolute atomic E-state index is 0.311. The maximum absolute atomic E-state index is 13.0. The van der Waals surface area contributed by atoms with Crippen molar-refractivity contribution >= 4 is 22.8 Å². The first-order valence-corrected chi connectivity index (χ1v) is 9.97. The summed E-state index contributed by atoms with van der Waals surface area (Å²) in [5, 5.41) is 3.62. The fourth-order valence-corrected chi connectivity index (χ4v) is 3.76. The van der Waals surface area contributed by atoms with Crippen LogP contribution in [0.2, 0.25) is 0 Å². The molecule has 2 aromatic carbocycles. The number of amides is 1. The molecule has 0 fully saturated rings. The molecule has 5 nitrogen and oxygen atoms in total. The van der Waals surface area contributed by atoms with Crippen LogP contribution < -0.4 is 5.32 Å². The van der Waals surface area contributed by atoms with E-state index in [0.29, 0.717) is 12.1 Å². The Labute approximate surface area is 170 Å². The molecule has 1 N–H and O–H groups in total. The van der Waals surface area contributed by atoms with E-state index in [1.807, 2.05) is 55.5 Å². The van der Waals surface area contributed by atoms with E-state index in [4.69, 9.17) is 9.72 Å². The summed E-state index contributed by atoms with van der Waals surface area (Å²) in [6.07, 6.45) is 1.78. The van der Waals surface area contributed by atoms with E-state index >= 15 is 0 Å². The lowest BCUT2D eigenvalue weighted by Gasteiger charge is -2.16. The number of pyridine rings is 1. The van der Waals surface area contributed by atoms with E-state index in [2.05, 4.69) is 5.32 Å². The molecule has 0 unspecified atom stereocenters. The predicted molar refractivity (Wildman–Crippen MR) is 112 cm³/mol. The molecule has 0 saturated heterocycles. The predicted octanol–water partition coefficient (Wildman–Crippen LogP) is 3.89. The fraction of sp³-hybridized carbons (Fsp3) is 0.292. The maximum atomic E-state index is 13.0. The number of nitrogens with zero attached hydrogens (tertiary/aromatic N) is 1. The molecule has 1 aromatic heterocycles. The number of benzene rings is 2. The van der Waals surface area contributed by atoms with E-state index in [1.165, 1.54) is 5.56 Å². The standard InChI is InChI=1S/C24H24N2O3/c1-15-10-12-17(13-11-15)14-25-23(27)16(2)29-24(28)22-18-6-3-4-8-20(18)26-21-9-5-7-19(21)22/h3-4,6,8,10-13,16H,5,7,9,14H2,1-2H3,(H,25,27)/t16-/m1/s1. The highest BCUT2D eigenvalue weighted by atomic mass is 16.5. The zero-order valence-corrected chi connectivity index (χ0v) is 16.7. The first-order chi connectivity index (χ1) is 14.0. The first kappa shape index (κ1) is 19.1. The van der Waals surface area contributed by atoms with Crippen molar-refractivity contribution < 1.29 is 14.3 Å². The summed E-state index contributed by atoms with van der Waals surface area (Å²) < 4.78 is 5.56. The van der Waals surface area contributed by atoms with Crippen LogP contribution in [-0.4, -0.2) is 23.0 Å². The quantitative estimate of drug-likeness (QED) is 0.673. The lowest BCUT2D eigenvalue weighted by molar-refractivity contribution is -0.129. The fourth-order valence-electron chi connectivity index (χ4n) is 3.76. The van der Waals surface area contributed by atoms with E-state index in [9.17, 15) is 9.59 Å². The number of nitrogens with one attached hydrogen (secondary N) is 1. The molecular formula is C24H24N2O3. The van der Waals surface area contributed by atoms with Crippen LogP contribution in [-0.2, 0) is 28.9 Å². The Balaban J connectivity index is 1.49. The van der Waals surface area contributed by atoms with Gasteiger partial charge in [0.25, 0.3) is 5.91 Å².